The Morgan fingerprint density at radius 3 is 2.67 bits per heavy atom. The average Bonchev–Trinajstić information content (AvgIpc) is 2.98. The fourth-order valence-corrected chi connectivity index (χ4v) is 2.71. The Morgan fingerprint density at radius 2 is 2.05 bits per heavy atom. The lowest BCUT2D eigenvalue weighted by atomic mass is 10.3. The summed E-state index contributed by atoms with van der Waals surface area (Å²) in [6.45, 7) is 0.806. The first-order chi connectivity index (χ1) is 10.1. The minimum absolute atomic E-state index is 0.0883. The lowest BCUT2D eigenvalue weighted by Crippen LogP contribution is -2.27. The molecule has 0 bridgehead atoms. The number of aliphatic hydroxyl groups excluding tert-OH is 1. The van der Waals surface area contributed by atoms with E-state index < -0.39 is 10.0 Å². The summed E-state index contributed by atoms with van der Waals surface area (Å²) in [4.78, 5) is 0.166. The molecular weight excluding hydrogens is 294 g/mol. The zero-order valence-corrected chi connectivity index (χ0v) is 12.2. The third-order valence-corrected chi connectivity index (χ3v) is 4.16. The maximum absolute atomic E-state index is 12.1. The first-order valence-electron chi connectivity index (χ1n) is 6.42. The summed E-state index contributed by atoms with van der Waals surface area (Å²) in [6, 6.07) is 7.81. The lowest BCUT2D eigenvalue weighted by Gasteiger charge is -2.08. The summed E-state index contributed by atoms with van der Waals surface area (Å²) >= 11 is 0. The van der Waals surface area contributed by atoms with Gasteiger partial charge in [-0.05, 0) is 30.3 Å². The molecule has 0 fully saturated rings. The van der Waals surface area contributed by atoms with Crippen molar-refractivity contribution in [3.63, 3.8) is 0 Å². The van der Waals surface area contributed by atoms with E-state index >= 15 is 0 Å². The molecule has 0 spiro atoms. The van der Waals surface area contributed by atoms with Crippen molar-refractivity contribution in [3.05, 3.63) is 42.7 Å². The molecule has 1 aromatic heterocycles. The lowest BCUT2D eigenvalue weighted by molar-refractivity contribution is 0.201. The van der Waals surface area contributed by atoms with E-state index in [9.17, 15) is 8.42 Å². The highest BCUT2D eigenvalue weighted by molar-refractivity contribution is 7.89. The highest BCUT2D eigenvalue weighted by atomic mass is 32.2. The van der Waals surface area contributed by atoms with Gasteiger partial charge in [-0.25, -0.2) is 13.1 Å². The second-order valence-electron chi connectivity index (χ2n) is 4.21. The van der Waals surface area contributed by atoms with E-state index in [4.69, 9.17) is 9.84 Å². The topological polar surface area (TPSA) is 93.5 Å². The molecule has 2 aromatic rings. The van der Waals surface area contributed by atoms with Crippen molar-refractivity contribution < 1.29 is 18.3 Å². The average molecular weight is 311 g/mol. The maximum atomic E-state index is 12.1. The first kappa shape index (κ1) is 15.5. The van der Waals surface area contributed by atoms with E-state index in [2.05, 4.69) is 9.82 Å². The minimum Gasteiger partial charge on any atom is -0.491 e. The fourth-order valence-electron chi connectivity index (χ4n) is 1.69. The molecule has 0 aliphatic rings. The van der Waals surface area contributed by atoms with Crippen LogP contribution in [0.3, 0.4) is 0 Å². The number of nitrogens with one attached hydrogen (secondary N) is 1. The number of ether oxygens (including phenoxy) is 1. The summed E-state index contributed by atoms with van der Waals surface area (Å²) in [5.74, 6) is 0.513. The summed E-state index contributed by atoms with van der Waals surface area (Å²) in [6.07, 6.45) is 3.40. The number of hydrogen-bond donors (Lipinski definition) is 2. The molecular formula is C13H17N3O4S. The highest BCUT2D eigenvalue weighted by Crippen LogP contribution is 2.15. The third-order valence-electron chi connectivity index (χ3n) is 2.69. The van der Waals surface area contributed by atoms with Crippen LogP contribution in [0, 0.1) is 0 Å². The predicted molar refractivity (Wildman–Crippen MR) is 76.4 cm³/mol. The molecule has 0 radical (unpaired) electrons. The molecule has 0 unspecified atom stereocenters. The number of rotatable bonds is 8. The second kappa shape index (κ2) is 7.21. The Balaban J connectivity index is 1.92. The Kier molecular flexibility index (Phi) is 5.32. The molecule has 1 aromatic carbocycles. The maximum Gasteiger partial charge on any atom is 0.240 e. The van der Waals surface area contributed by atoms with Gasteiger partial charge in [0.1, 0.15) is 12.4 Å². The van der Waals surface area contributed by atoms with Gasteiger partial charge < -0.3 is 9.84 Å². The summed E-state index contributed by atoms with van der Waals surface area (Å²) in [5.41, 5.74) is 0. The number of hydrogen-bond acceptors (Lipinski definition) is 5. The van der Waals surface area contributed by atoms with E-state index in [-0.39, 0.29) is 24.7 Å². The van der Waals surface area contributed by atoms with Crippen molar-refractivity contribution in [2.75, 3.05) is 19.8 Å². The Hall–Kier alpha value is -1.90. The molecule has 0 saturated heterocycles. The van der Waals surface area contributed by atoms with Crippen molar-refractivity contribution >= 4 is 10.0 Å². The molecule has 0 atom stereocenters. The van der Waals surface area contributed by atoms with Crippen LogP contribution in [0.2, 0.25) is 0 Å². The molecule has 8 heteroatoms. The normalized spacial score (nSPS) is 11.5. The van der Waals surface area contributed by atoms with Crippen LogP contribution >= 0.6 is 0 Å². The Bertz CT molecular complexity index is 639. The van der Waals surface area contributed by atoms with Crippen LogP contribution < -0.4 is 9.46 Å². The molecule has 0 saturated carbocycles. The number of aliphatic hydroxyl groups is 1. The van der Waals surface area contributed by atoms with Gasteiger partial charge in [0.15, 0.2) is 0 Å². The van der Waals surface area contributed by atoms with E-state index in [1.807, 2.05) is 0 Å². The van der Waals surface area contributed by atoms with Crippen LogP contribution in [0.5, 0.6) is 5.75 Å². The summed E-state index contributed by atoms with van der Waals surface area (Å²) in [7, 11) is -3.55. The summed E-state index contributed by atoms with van der Waals surface area (Å²) in [5, 5.41) is 12.6. The standard InChI is InChI=1S/C13H17N3O4S/c17-10-11-20-12-2-4-13(5-3-12)21(18,19)15-7-9-16-8-1-6-14-16/h1-6,8,15,17H,7,9-11H2. The molecule has 0 aliphatic heterocycles. The number of aromatic nitrogens is 2. The van der Waals surface area contributed by atoms with E-state index in [0.717, 1.165) is 0 Å². The van der Waals surface area contributed by atoms with E-state index in [0.29, 0.717) is 12.3 Å². The minimum atomic E-state index is -3.55. The molecule has 114 valence electrons. The van der Waals surface area contributed by atoms with Crippen LogP contribution in [0.1, 0.15) is 0 Å². The first-order valence-corrected chi connectivity index (χ1v) is 7.91. The highest BCUT2D eigenvalue weighted by Gasteiger charge is 2.13. The van der Waals surface area contributed by atoms with E-state index in [1.165, 1.54) is 12.1 Å². The van der Waals surface area contributed by atoms with Gasteiger partial charge in [-0.3, -0.25) is 4.68 Å². The number of nitrogens with zero attached hydrogens (tertiary/aromatic N) is 2. The van der Waals surface area contributed by atoms with Crippen LogP contribution in [-0.4, -0.2) is 43.1 Å². The van der Waals surface area contributed by atoms with Crippen molar-refractivity contribution in [3.8, 4) is 5.75 Å². The van der Waals surface area contributed by atoms with E-state index in [1.54, 1.807) is 35.3 Å². The van der Waals surface area contributed by atoms with Gasteiger partial charge in [0.2, 0.25) is 10.0 Å². The van der Waals surface area contributed by atoms with Crippen LogP contribution in [0.4, 0.5) is 0 Å². The van der Waals surface area contributed by atoms with Crippen molar-refractivity contribution in [2.24, 2.45) is 0 Å². The fraction of sp³-hybridized carbons (Fsp3) is 0.308. The largest absolute Gasteiger partial charge is 0.491 e. The van der Waals surface area contributed by atoms with Crippen molar-refractivity contribution in [2.45, 2.75) is 11.4 Å². The van der Waals surface area contributed by atoms with Crippen LogP contribution in [0.25, 0.3) is 0 Å². The van der Waals surface area contributed by atoms with Gasteiger partial charge in [0, 0.05) is 18.9 Å². The Morgan fingerprint density at radius 1 is 1.29 bits per heavy atom. The molecule has 0 aliphatic carbocycles. The third kappa shape index (κ3) is 4.55. The molecule has 2 N–H and O–H groups in total. The monoisotopic (exact) mass is 311 g/mol. The Labute approximate surface area is 123 Å². The second-order valence-corrected chi connectivity index (χ2v) is 5.98. The SMILES string of the molecule is O=S(=O)(NCCn1cccn1)c1ccc(OCCO)cc1. The summed E-state index contributed by atoms with van der Waals surface area (Å²) < 4.78 is 33.5. The molecule has 21 heavy (non-hydrogen) atoms. The molecule has 7 nitrogen and oxygen atoms in total. The van der Waals surface area contributed by atoms with Gasteiger partial charge in [-0.2, -0.15) is 5.10 Å². The predicted octanol–water partition coefficient (Wildman–Crippen LogP) is 0.233. The van der Waals surface area contributed by atoms with Gasteiger partial charge in [-0.1, -0.05) is 0 Å². The van der Waals surface area contributed by atoms with Crippen LogP contribution in [0.15, 0.2) is 47.6 Å². The quantitative estimate of drug-likeness (QED) is 0.728. The molecule has 0 amide bonds. The zero-order chi connectivity index (χ0) is 15.1. The van der Waals surface area contributed by atoms with Gasteiger partial charge in [0.25, 0.3) is 0 Å². The number of sulfonamides is 1. The smallest absolute Gasteiger partial charge is 0.240 e. The van der Waals surface area contributed by atoms with Gasteiger partial charge >= 0.3 is 0 Å². The van der Waals surface area contributed by atoms with Crippen molar-refractivity contribution in [1.29, 1.82) is 0 Å². The van der Waals surface area contributed by atoms with Gasteiger partial charge in [0.05, 0.1) is 18.0 Å². The molecule has 2 rings (SSSR count). The molecule has 1 heterocycles. The zero-order valence-electron chi connectivity index (χ0n) is 11.3. The van der Waals surface area contributed by atoms with Gasteiger partial charge in [-0.15, -0.1) is 0 Å². The number of benzene rings is 1. The van der Waals surface area contributed by atoms with Crippen LogP contribution in [-0.2, 0) is 16.6 Å². The van der Waals surface area contributed by atoms with Crippen molar-refractivity contribution in [1.82, 2.24) is 14.5 Å².